The van der Waals surface area contributed by atoms with Crippen molar-refractivity contribution in [2.24, 2.45) is 0 Å². The molecule has 1 atom stereocenters. The van der Waals surface area contributed by atoms with Crippen LogP contribution in [0.4, 0.5) is 0 Å². The van der Waals surface area contributed by atoms with E-state index in [0.29, 0.717) is 12.3 Å². The van der Waals surface area contributed by atoms with E-state index in [9.17, 15) is 4.79 Å². The minimum absolute atomic E-state index is 0.374. The van der Waals surface area contributed by atoms with Crippen molar-refractivity contribution in [3.8, 4) is 22.6 Å². The van der Waals surface area contributed by atoms with Gasteiger partial charge in [0.25, 0.3) is 0 Å². The van der Waals surface area contributed by atoms with Gasteiger partial charge in [-0.1, -0.05) is 18.2 Å². The summed E-state index contributed by atoms with van der Waals surface area (Å²) in [5.41, 5.74) is 5.13. The van der Waals surface area contributed by atoms with Gasteiger partial charge in [0.1, 0.15) is 30.2 Å². The molecule has 0 saturated carbocycles. The highest BCUT2D eigenvalue weighted by Gasteiger charge is 2.25. The molecule has 1 N–H and O–H groups in total. The van der Waals surface area contributed by atoms with Gasteiger partial charge in [0.05, 0.1) is 7.11 Å². The van der Waals surface area contributed by atoms with Crippen LogP contribution in [0.5, 0.6) is 11.5 Å². The lowest BCUT2D eigenvalue weighted by Crippen LogP contribution is -3.10. The van der Waals surface area contributed by atoms with E-state index in [1.165, 1.54) is 10.5 Å². The Hall–Kier alpha value is -3.64. The van der Waals surface area contributed by atoms with Crippen molar-refractivity contribution in [3.05, 3.63) is 88.0 Å². The molecule has 2 aromatic carbocycles. The molecule has 0 amide bonds. The van der Waals surface area contributed by atoms with Crippen LogP contribution in [0.1, 0.15) is 16.7 Å². The van der Waals surface area contributed by atoms with Crippen molar-refractivity contribution < 1.29 is 18.8 Å². The smallest absolute Gasteiger partial charge is 0.336 e. The summed E-state index contributed by atoms with van der Waals surface area (Å²) in [5, 5.41) is 0.909. The number of ether oxygens (including phenoxy) is 2. The number of rotatable bonds is 4. The molecule has 31 heavy (non-hydrogen) atoms. The number of aromatic nitrogens is 1. The van der Waals surface area contributed by atoms with Crippen molar-refractivity contribution in [2.75, 3.05) is 13.8 Å². The molecule has 0 aliphatic carbocycles. The third-order valence-electron chi connectivity index (χ3n) is 5.73. The van der Waals surface area contributed by atoms with Crippen LogP contribution in [-0.2, 0) is 13.1 Å². The Morgan fingerprint density at radius 3 is 2.74 bits per heavy atom. The van der Waals surface area contributed by atoms with E-state index in [1.807, 2.05) is 43.5 Å². The second-order valence-corrected chi connectivity index (χ2v) is 7.83. The van der Waals surface area contributed by atoms with Crippen molar-refractivity contribution >= 4 is 11.0 Å². The van der Waals surface area contributed by atoms with Gasteiger partial charge in [-0.05, 0) is 42.3 Å². The number of methoxy groups -OCH3 is 1. The molecular formula is C25H23N2O4+. The van der Waals surface area contributed by atoms with E-state index >= 15 is 0 Å². The lowest BCUT2D eigenvalue weighted by atomic mass is 9.97. The van der Waals surface area contributed by atoms with Gasteiger partial charge in [-0.25, -0.2) is 4.79 Å². The lowest BCUT2D eigenvalue weighted by Gasteiger charge is -2.27. The first-order valence-corrected chi connectivity index (χ1v) is 10.2. The number of nitrogens with one attached hydrogen (secondary N) is 1. The number of benzene rings is 2. The van der Waals surface area contributed by atoms with Crippen LogP contribution in [0, 0.1) is 6.92 Å². The van der Waals surface area contributed by atoms with E-state index in [1.54, 1.807) is 19.4 Å². The second kappa shape index (κ2) is 7.89. The second-order valence-electron chi connectivity index (χ2n) is 7.83. The van der Waals surface area contributed by atoms with Crippen LogP contribution >= 0.6 is 0 Å². The highest BCUT2D eigenvalue weighted by molar-refractivity contribution is 5.96. The molecule has 0 radical (unpaired) electrons. The fraction of sp³-hybridized carbons (Fsp3) is 0.200. The third kappa shape index (κ3) is 3.66. The van der Waals surface area contributed by atoms with Gasteiger partial charge in [0.2, 0.25) is 6.73 Å². The standard InChI is InChI=1S/C25H22N2O4/c1-16-24-19(14-27(15-30-24)13-17-4-3-9-26-12-17)10-22-21(11-23(28)31-25(16)22)18-5-7-20(29-2)8-6-18/h3-12H,13-15H2,1-2H3/p+1. The van der Waals surface area contributed by atoms with Crippen LogP contribution in [-0.4, -0.2) is 18.8 Å². The zero-order valence-corrected chi connectivity index (χ0v) is 17.5. The molecule has 156 valence electrons. The maximum atomic E-state index is 12.3. The highest BCUT2D eigenvalue weighted by Crippen LogP contribution is 2.36. The third-order valence-corrected chi connectivity index (χ3v) is 5.73. The molecule has 0 bridgehead atoms. The van der Waals surface area contributed by atoms with Crippen molar-refractivity contribution in [3.63, 3.8) is 0 Å². The van der Waals surface area contributed by atoms with Crippen LogP contribution in [0.2, 0.25) is 0 Å². The van der Waals surface area contributed by atoms with Crippen molar-refractivity contribution in [1.82, 2.24) is 4.98 Å². The molecule has 6 nitrogen and oxygen atoms in total. The Bertz CT molecular complexity index is 1300. The van der Waals surface area contributed by atoms with Gasteiger partial charge >= 0.3 is 5.63 Å². The monoisotopic (exact) mass is 415 g/mol. The van der Waals surface area contributed by atoms with Crippen LogP contribution in [0.25, 0.3) is 22.1 Å². The number of quaternary nitrogens is 1. The Labute approximate surface area is 179 Å². The topological polar surface area (TPSA) is 66.0 Å². The molecule has 0 spiro atoms. The molecule has 1 unspecified atom stereocenters. The number of nitrogens with zero attached hydrogens (tertiary/aromatic N) is 1. The molecular weight excluding hydrogens is 392 g/mol. The Kier molecular flexibility index (Phi) is 4.92. The first-order chi connectivity index (χ1) is 15.1. The first kappa shape index (κ1) is 19.3. The zero-order chi connectivity index (χ0) is 21.4. The molecule has 4 aromatic rings. The number of hydrogen-bond acceptors (Lipinski definition) is 5. The maximum Gasteiger partial charge on any atom is 0.336 e. The van der Waals surface area contributed by atoms with E-state index in [0.717, 1.165) is 52.2 Å². The molecule has 0 fully saturated rings. The largest absolute Gasteiger partial charge is 0.497 e. The average Bonchev–Trinajstić information content (AvgIpc) is 2.80. The van der Waals surface area contributed by atoms with Crippen LogP contribution < -0.4 is 20.0 Å². The Morgan fingerprint density at radius 2 is 2.00 bits per heavy atom. The van der Waals surface area contributed by atoms with Crippen LogP contribution in [0.3, 0.4) is 0 Å². The van der Waals surface area contributed by atoms with Gasteiger partial charge in [0.15, 0.2) is 0 Å². The molecule has 3 heterocycles. The van der Waals surface area contributed by atoms with Gasteiger partial charge in [-0.2, -0.15) is 0 Å². The van der Waals surface area contributed by atoms with Crippen LogP contribution in [0.15, 0.2) is 70.1 Å². The molecule has 0 saturated heterocycles. The fourth-order valence-electron chi connectivity index (χ4n) is 4.25. The summed E-state index contributed by atoms with van der Waals surface area (Å²) >= 11 is 0. The van der Waals surface area contributed by atoms with E-state index in [2.05, 4.69) is 17.1 Å². The molecule has 1 aliphatic rings. The maximum absolute atomic E-state index is 12.3. The van der Waals surface area contributed by atoms with E-state index < -0.39 is 0 Å². The predicted molar refractivity (Wildman–Crippen MR) is 117 cm³/mol. The van der Waals surface area contributed by atoms with E-state index in [-0.39, 0.29) is 5.63 Å². The SMILES string of the molecule is COc1ccc(-c2cc(=O)oc3c(C)c4c(cc23)C[NH+](Cc2cccnc2)CO4)cc1. The Morgan fingerprint density at radius 1 is 1.16 bits per heavy atom. The average molecular weight is 415 g/mol. The van der Waals surface area contributed by atoms with Gasteiger partial charge in [-0.3, -0.25) is 9.88 Å². The normalized spacial score (nSPS) is 15.4. The zero-order valence-electron chi connectivity index (χ0n) is 17.5. The number of hydrogen-bond donors (Lipinski definition) is 1. The Balaban J connectivity index is 1.58. The summed E-state index contributed by atoms with van der Waals surface area (Å²) in [6.07, 6.45) is 3.68. The quantitative estimate of drug-likeness (QED) is 0.519. The minimum atomic E-state index is -0.374. The summed E-state index contributed by atoms with van der Waals surface area (Å²) in [4.78, 5) is 17.8. The summed E-state index contributed by atoms with van der Waals surface area (Å²) in [6, 6.07) is 15.4. The van der Waals surface area contributed by atoms with Crippen molar-refractivity contribution in [2.45, 2.75) is 20.0 Å². The lowest BCUT2D eigenvalue weighted by molar-refractivity contribution is -0.945. The summed E-state index contributed by atoms with van der Waals surface area (Å²) in [7, 11) is 1.64. The van der Waals surface area contributed by atoms with Gasteiger partial charge < -0.3 is 13.9 Å². The van der Waals surface area contributed by atoms with Gasteiger partial charge in [0, 0.05) is 40.5 Å². The predicted octanol–water partition coefficient (Wildman–Crippen LogP) is 3.11. The number of fused-ring (bicyclic) bond motifs is 2. The molecule has 5 rings (SSSR count). The highest BCUT2D eigenvalue weighted by atomic mass is 16.5. The summed E-state index contributed by atoms with van der Waals surface area (Å²) in [6.45, 7) is 4.16. The summed E-state index contributed by atoms with van der Waals surface area (Å²) < 4.78 is 17.0. The molecule has 2 aromatic heterocycles. The number of aryl methyl sites for hydroxylation is 1. The van der Waals surface area contributed by atoms with Crippen molar-refractivity contribution in [1.29, 1.82) is 0 Å². The summed E-state index contributed by atoms with van der Waals surface area (Å²) in [5.74, 6) is 1.59. The fourth-order valence-corrected chi connectivity index (χ4v) is 4.25. The van der Waals surface area contributed by atoms with E-state index in [4.69, 9.17) is 13.9 Å². The molecule has 6 heteroatoms. The minimum Gasteiger partial charge on any atom is -0.497 e. The first-order valence-electron chi connectivity index (χ1n) is 10.2. The van der Waals surface area contributed by atoms with Gasteiger partial charge in [-0.15, -0.1) is 0 Å². The number of pyridine rings is 1. The molecule has 1 aliphatic heterocycles.